The van der Waals surface area contributed by atoms with Gasteiger partial charge in [0.05, 0.1) is 15.8 Å². The van der Waals surface area contributed by atoms with Crippen molar-refractivity contribution in [3.8, 4) is 5.75 Å². The molecule has 1 amide bonds. The number of fused-ring (bicyclic) bond motifs is 1. The van der Waals surface area contributed by atoms with Gasteiger partial charge in [0.1, 0.15) is 5.75 Å². The Morgan fingerprint density at radius 3 is 2.75 bits per heavy atom. The van der Waals surface area contributed by atoms with Gasteiger partial charge in [-0.2, -0.15) is 13.2 Å². The maximum Gasteiger partial charge on any atom is 0.422 e. The van der Waals surface area contributed by atoms with E-state index >= 15 is 0 Å². The van der Waals surface area contributed by atoms with E-state index in [9.17, 15) is 18.0 Å². The van der Waals surface area contributed by atoms with E-state index in [0.717, 1.165) is 17.8 Å². The Hall–Kier alpha value is -1.87. The fourth-order valence-electron chi connectivity index (χ4n) is 2.09. The monoisotopic (exact) mass is 361 g/mol. The molecule has 0 radical (unpaired) electrons. The number of alkyl halides is 3. The average Bonchev–Trinajstić information content (AvgIpc) is 2.85. The fraction of sp³-hybridized carbons (Fsp3) is 0.467. The number of carbonyl (C=O) groups is 1. The van der Waals surface area contributed by atoms with E-state index in [0.29, 0.717) is 21.8 Å². The van der Waals surface area contributed by atoms with Crippen LogP contribution in [0.15, 0.2) is 18.2 Å². The molecule has 1 heterocycles. The van der Waals surface area contributed by atoms with Gasteiger partial charge in [0, 0.05) is 0 Å². The van der Waals surface area contributed by atoms with Crippen LogP contribution in [0.4, 0.5) is 18.3 Å². The topological polar surface area (TPSA) is 77.2 Å². The number of ether oxygens (including phenoxy) is 1. The summed E-state index contributed by atoms with van der Waals surface area (Å²) in [6, 6.07) is 4.41. The zero-order chi connectivity index (χ0) is 18.0. The predicted molar refractivity (Wildman–Crippen MR) is 87.3 cm³/mol. The van der Waals surface area contributed by atoms with Crippen LogP contribution in [0.25, 0.3) is 10.2 Å². The van der Waals surface area contributed by atoms with Gasteiger partial charge >= 0.3 is 6.18 Å². The lowest BCUT2D eigenvalue weighted by Gasteiger charge is -2.21. The molecule has 3 N–H and O–H groups in total. The molecule has 1 aromatic carbocycles. The van der Waals surface area contributed by atoms with E-state index in [2.05, 4.69) is 10.3 Å². The lowest BCUT2D eigenvalue weighted by atomic mass is 9.97. The van der Waals surface area contributed by atoms with Crippen LogP contribution in [0.3, 0.4) is 0 Å². The zero-order valence-corrected chi connectivity index (χ0v) is 14.1. The molecule has 0 aliphatic heterocycles. The molecule has 1 atom stereocenters. The average molecular weight is 361 g/mol. The third kappa shape index (κ3) is 4.81. The Balaban J connectivity index is 2.12. The number of benzene rings is 1. The molecule has 0 spiro atoms. The van der Waals surface area contributed by atoms with Gasteiger partial charge in [-0.1, -0.05) is 24.7 Å². The summed E-state index contributed by atoms with van der Waals surface area (Å²) in [6.07, 6.45) is -3.11. The van der Waals surface area contributed by atoms with Crippen molar-refractivity contribution in [1.82, 2.24) is 4.98 Å². The second-order valence-corrected chi connectivity index (χ2v) is 6.70. The second-order valence-electron chi connectivity index (χ2n) is 5.67. The minimum atomic E-state index is -4.40. The van der Waals surface area contributed by atoms with Gasteiger partial charge in [-0.15, -0.1) is 0 Å². The van der Waals surface area contributed by atoms with Crippen molar-refractivity contribution in [1.29, 1.82) is 0 Å². The van der Waals surface area contributed by atoms with Crippen molar-refractivity contribution in [2.24, 2.45) is 5.73 Å². The number of nitrogens with zero attached hydrogens (tertiary/aromatic N) is 1. The largest absolute Gasteiger partial charge is 0.484 e. The quantitative estimate of drug-likeness (QED) is 0.823. The number of halogens is 3. The first-order valence-corrected chi connectivity index (χ1v) is 8.13. The normalized spacial score (nSPS) is 14.4. The van der Waals surface area contributed by atoms with Gasteiger partial charge in [0.2, 0.25) is 5.91 Å². The molecular weight excluding hydrogens is 343 g/mol. The van der Waals surface area contributed by atoms with Gasteiger partial charge in [-0.25, -0.2) is 4.98 Å². The number of rotatable bonds is 6. The Morgan fingerprint density at radius 1 is 1.42 bits per heavy atom. The SMILES string of the molecule is CCCC(C)(N)C(=O)Nc1nc2ccc(OCC(F)(F)F)cc2s1. The third-order valence-electron chi connectivity index (χ3n) is 3.27. The number of anilines is 1. The smallest absolute Gasteiger partial charge is 0.422 e. The number of amides is 1. The highest BCUT2D eigenvalue weighted by Crippen LogP contribution is 2.30. The number of carbonyl (C=O) groups excluding carboxylic acids is 1. The number of hydrogen-bond donors (Lipinski definition) is 2. The molecule has 0 bridgehead atoms. The predicted octanol–water partition coefficient (Wildman–Crippen LogP) is 3.69. The van der Waals surface area contributed by atoms with Crippen LogP contribution in [-0.2, 0) is 4.79 Å². The molecule has 0 saturated carbocycles. The van der Waals surface area contributed by atoms with Crippen molar-refractivity contribution < 1.29 is 22.7 Å². The summed E-state index contributed by atoms with van der Waals surface area (Å²) in [5.74, 6) is -0.257. The summed E-state index contributed by atoms with van der Waals surface area (Å²) < 4.78 is 41.9. The summed E-state index contributed by atoms with van der Waals surface area (Å²) in [4.78, 5) is 16.4. The molecule has 0 aliphatic rings. The lowest BCUT2D eigenvalue weighted by Crippen LogP contribution is -2.48. The van der Waals surface area contributed by atoms with Crippen LogP contribution < -0.4 is 15.8 Å². The molecule has 2 rings (SSSR count). The summed E-state index contributed by atoms with van der Waals surface area (Å²) in [5, 5.41) is 3.00. The van der Waals surface area contributed by atoms with Crippen molar-refractivity contribution in [3.05, 3.63) is 18.2 Å². The highest BCUT2D eigenvalue weighted by atomic mass is 32.1. The molecule has 0 aliphatic carbocycles. The summed E-state index contributed by atoms with van der Waals surface area (Å²) in [7, 11) is 0. The number of thiazole rings is 1. The van der Waals surface area contributed by atoms with Crippen LogP contribution >= 0.6 is 11.3 Å². The Morgan fingerprint density at radius 2 is 2.12 bits per heavy atom. The van der Waals surface area contributed by atoms with Crippen molar-refractivity contribution in [2.45, 2.75) is 38.4 Å². The minimum absolute atomic E-state index is 0.0935. The Kier molecular flexibility index (Phi) is 5.34. The Bertz CT molecular complexity index is 728. The van der Waals surface area contributed by atoms with E-state index < -0.39 is 18.3 Å². The van der Waals surface area contributed by atoms with Crippen LogP contribution in [0.5, 0.6) is 5.75 Å². The first kappa shape index (κ1) is 18.5. The standard InChI is InChI=1S/C15H18F3N3O2S/c1-3-6-14(2,19)12(22)21-13-20-10-5-4-9(7-11(10)24-13)23-8-15(16,17)18/h4-5,7H,3,6,8,19H2,1-2H3,(H,20,21,22). The van der Waals surface area contributed by atoms with Gasteiger partial charge in [0.15, 0.2) is 11.7 Å². The number of nitrogens with two attached hydrogens (primary N) is 1. The maximum atomic E-state index is 12.2. The molecule has 5 nitrogen and oxygen atoms in total. The van der Waals surface area contributed by atoms with E-state index in [1.165, 1.54) is 12.1 Å². The third-order valence-corrected chi connectivity index (χ3v) is 4.20. The molecular formula is C15H18F3N3O2S. The number of hydrogen-bond acceptors (Lipinski definition) is 5. The Labute approximate surface area is 141 Å². The molecule has 9 heteroatoms. The highest BCUT2D eigenvalue weighted by Gasteiger charge is 2.29. The van der Waals surface area contributed by atoms with Crippen molar-refractivity contribution >= 4 is 32.6 Å². The summed E-state index contributed by atoms with van der Waals surface area (Å²) in [5.41, 5.74) is 5.51. The lowest BCUT2D eigenvalue weighted by molar-refractivity contribution is -0.153. The molecule has 132 valence electrons. The second kappa shape index (κ2) is 6.94. The van der Waals surface area contributed by atoms with E-state index in [-0.39, 0.29) is 11.7 Å². The van der Waals surface area contributed by atoms with E-state index in [1.807, 2.05) is 6.92 Å². The molecule has 0 saturated heterocycles. The van der Waals surface area contributed by atoms with Crippen molar-refractivity contribution in [2.75, 3.05) is 11.9 Å². The van der Waals surface area contributed by atoms with Gasteiger partial charge in [-0.3, -0.25) is 4.79 Å². The molecule has 24 heavy (non-hydrogen) atoms. The molecule has 1 unspecified atom stereocenters. The van der Waals surface area contributed by atoms with Crippen LogP contribution in [-0.4, -0.2) is 29.2 Å². The van der Waals surface area contributed by atoms with Crippen LogP contribution in [0.2, 0.25) is 0 Å². The van der Waals surface area contributed by atoms with Gasteiger partial charge < -0.3 is 15.8 Å². The van der Waals surface area contributed by atoms with Gasteiger partial charge in [-0.05, 0) is 31.5 Å². The zero-order valence-electron chi connectivity index (χ0n) is 13.2. The van der Waals surface area contributed by atoms with E-state index in [4.69, 9.17) is 10.5 Å². The minimum Gasteiger partial charge on any atom is -0.484 e. The summed E-state index contributed by atoms with van der Waals surface area (Å²) >= 11 is 1.15. The number of aromatic nitrogens is 1. The van der Waals surface area contributed by atoms with Crippen LogP contribution in [0, 0.1) is 0 Å². The highest BCUT2D eigenvalue weighted by molar-refractivity contribution is 7.22. The van der Waals surface area contributed by atoms with Gasteiger partial charge in [0.25, 0.3) is 0 Å². The van der Waals surface area contributed by atoms with E-state index in [1.54, 1.807) is 13.0 Å². The fourth-order valence-corrected chi connectivity index (χ4v) is 2.98. The van der Waals surface area contributed by atoms with Crippen LogP contribution in [0.1, 0.15) is 26.7 Å². The van der Waals surface area contributed by atoms with Crippen molar-refractivity contribution in [3.63, 3.8) is 0 Å². The molecule has 0 fully saturated rings. The molecule has 1 aromatic heterocycles. The molecule has 2 aromatic rings. The maximum absolute atomic E-state index is 12.2. The first-order valence-electron chi connectivity index (χ1n) is 7.31. The first-order chi connectivity index (χ1) is 11.1. The number of nitrogens with one attached hydrogen (secondary N) is 1. The summed E-state index contributed by atoms with van der Waals surface area (Å²) in [6.45, 7) is 2.21.